The van der Waals surface area contributed by atoms with E-state index in [1.165, 1.54) is 5.56 Å². The Hall–Kier alpha value is -1.55. The molecule has 0 atom stereocenters. The SMILES string of the molecule is CCN(CCO)C(=O)NCc1ccc(C)cc1. The predicted octanol–water partition coefficient (Wildman–Crippen LogP) is 1.52. The molecule has 4 heteroatoms. The topological polar surface area (TPSA) is 52.6 Å². The van der Waals surface area contributed by atoms with Crippen LogP contribution in [0.15, 0.2) is 24.3 Å². The Morgan fingerprint density at radius 2 is 2.00 bits per heavy atom. The molecule has 0 aromatic heterocycles. The molecule has 2 N–H and O–H groups in total. The number of amides is 2. The van der Waals surface area contributed by atoms with Crippen LogP contribution in [0.5, 0.6) is 0 Å². The van der Waals surface area contributed by atoms with Crippen molar-refractivity contribution in [2.45, 2.75) is 20.4 Å². The van der Waals surface area contributed by atoms with Crippen molar-refractivity contribution in [1.29, 1.82) is 0 Å². The first-order chi connectivity index (χ1) is 8.17. The summed E-state index contributed by atoms with van der Waals surface area (Å²) in [6.45, 7) is 5.40. The van der Waals surface area contributed by atoms with Crippen LogP contribution in [-0.2, 0) is 6.54 Å². The summed E-state index contributed by atoms with van der Waals surface area (Å²) in [6.07, 6.45) is 0. The van der Waals surface area contributed by atoms with E-state index in [1.807, 2.05) is 38.1 Å². The standard InChI is InChI=1S/C13H20N2O2/c1-3-15(8-9-16)13(17)14-10-12-6-4-11(2)5-7-12/h4-7,16H,3,8-10H2,1-2H3,(H,14,17). The first-order valence-corrected chi connectivity index (χ1v) is 5.86. The number of rotatable bonds is 5. The lowest BCUT2D eigenvalue weighted by atomic mass is 10.1. The lowest BCUT2D eigenvalue weighted by molar-refractivity contribution is 0.180. The lowest BCUT2D eigenvalue weighted by Crippen LogP contribution is -2.41. The molecule has 0 saturated carbocycles. The van der Waals surface area contributed by atoms with Gasteiger partial charge >= 0.3 is 6.03 Å². The van der Waals surface area contributed by atoms with Gasteiger partial charge in [0.15, 0.2) is 0 Å². The van der Waals surface area contributed by atoms with E-state index in [0.717, 1.165) is 5.56 Å². The normalized spacial score (nSPS) is 10.1. The van der Waals surface area contributed by atoms with E-state index in [2.05, 4.69) is 5.32 Å². The largest absolute Gasteiger partial charge is 0.395 e. The molecule has 0 saturated heterocycles. The molecule has 17 heavy (non-hydrogen) atoms. The number of hydrogen-bond donors (Lipinski definition) is 2. The van der Waals surface area contributed by atoms with Gasteiger partial charge in [-0.25, -0.2) is 4.79 Å². The Labute approximate surface area is 102 Å². The summed E-state index contributed by atoms with van der Waals surface area (Å²) in [5.74, 6) is 0. The molecule has 1 aromatic rings. The first-order valence-electron chi connectivity index (χ1n) is 5.86. The summed E-state index contributed by atoms with van der Waals surface area (Å²) >= 11 is 0. The van der Waals surface area contributed by atoms with Crippen LogP contribution in [0.3, 0.4) is 0 Å². The zero-order valence-corrected chi connectivity index (χ0v) is 10.4. The molecular formula is C13H20N2O2. The van der Waals surface area contributed by atoms with E-state index >= 15 is 0 Å². The van der Waals surface area contributed by atoms with E-state index in [4.69, 9.17) is 5.11 Å². The predicted molar refractivity (Wildman–Crippen MR) is 67.7 cm³/mol. The molecule has 0 bridgehead atoms. The van der Waals surface area contributed by atoms with E-state index in [1.54, 1.807) is 4.90 Å². The van der Waals surface area contributed by atoms with Crippen molar-refractivity contribution in [3.63, 3.8) is 0 Å². The number of urea groups is 1. The second-order valence-corrected chi connectivity index (χ2v) is 3.95. The molecule has 2 amide bonds. The zero-order valence-electron chi connectivity index (χ0n) is 10.4. The summed E-state index contributed by atoms with van der Waals surface area (Å²) in [6, 6.07) is 7.90. The van der Waals surface area contributed by atoms with Crippen molar-refractivity contribution in [3.8, 4) is 0 Å². The highest BCUT2D eigenvalue weighted by Gasteiger charge is 2.09. The minimum Gasteiger partial charge on any atom is -0.395 e. The smallest absolute Gasteiger partial charge is 0.317 e. The summed E-state index contributed by atoms with van der Waals surface area (Å²) < 4.78 is 0. The third-order valence-electron chi connectivity index (χ3n) is 2.60. The number of aliphatic hydroxyl groups excluding tert-OH is 1. The van der Waals surface area contributed by atoms with E-state index in [0.29, 0.717) is 19.6 Å². The van der Waals surface area contributed by atoms with Gasteiger partial charge < -0.3 is 15.3 Å². The number of aryl methyl sites for hydroxylation is 1. The minimum atomic E-state index is -0.137. The van der Waals surface area contributed by atoms with Crippen molar-refractivity contribution in [2.24, 2.45) is 0 Å². The fourth-order valence-corrected chi connectivity index (χ4v) is 1.52. The average Bonchev–Trinajstić information content (AvgIpc) is 2.35. The molecule has 0 aliphatic carbocycles. The molecule has 0 radical (unpaired) electrons. The monoisotopic (exact) mass is 236 g/mol. The highest BCUT2D eigenvalue weighted by atomic mass is 16.3. The van der Waals surface area contributed by atoms with Crippen LogP contribution in [0, 0.1) is 6.92 Å². The zero-order chi connectivity index (χ0) is 12.7. The number of likely N-dealkylation sites (N-methyl/N-ethyl adjacent to an activating group) is 1. The Balaban J connectivity index is 2.44. The quantitative estimate of drug-likeness (QED) is 0.814. The summed E-state index contributed by atoms with van der Waals surface area (Å²) in [4.78, 5) is 13.3. The molecule has 1 rings (SSSR count). The van der Waals surface area contributed by atoms with Crippen LogP contribution in [0.1, 0.15) is 18.1 Å². The van der Waals surface area contributed by atoms with Crippen molar-refractivity contribution >= 4 is 6.03 Å². The number of hydrogen-bond acceptors (Lipinski definition) is 2. The second-order valence-electron chi connectivity index (χ2n) is 3.95. The van der Waals surface area contributed by atoms with Crippen molar-refractivity contribution in [2.75, 3.05) is 19.7 Å². The van der Waals surface area contributed by atoms with Crippen molar-refractivity contribution in [3.05, 3.63) is 35.4 Å². The molecule has 94 valence electrons. The van der Waals surface area contributed by atoms with Gasteiger partial charge in [-0.2, -0.15) is 0 Å². The lowest BCUT2D eigenvalue weighted by Gasteiger charge is -2.20. The third-order valence-corrected chi connectivity index (χ3v) is 2.60. The van der Waals surface area contributed by atoms with Gasteiger partial charge in [-0.15, -0.1) is 0 Å². The maximum atomic E-state index is 11.7. The van der Waals surface area contributed by atoms with Crippen LogP contribution in [0.4, 0.5) is 4.79 Å². The molecule has 0 aliphatic rings. The van der Waals surface area contributed by atoms with Crippen LogP contribution < -0.4 is 5.32 Å². The van der Waals surface area contributed by atoms with Crippen LogP contribution >= 0.6 is 0 Å². The Bertz CT molecular complexity index is 349. The Morgan fingerprint density at radius 3 is 2.53 bits per heavy atom. The maximum absolute atomic E-state index is 11.7. The number of nitrogens with one attached hydrogen (secondary N) is 1. The van der Waals surface area contributed by atoms with Gasteiger partial charge in [0.05, 0.1) is 6.61 Å². The van der Waals surface area contributed by atoms with Gasteiger partial charge in [-0.1, -0.05) is 29.8 Å². The fraction of sp³-hybridized carbons (Fsp3) is 0.462. The van der Waals surface area contributed by atoms with E-state index < -0.39 is 0 Å². The van der Waals surface area contributed by atoms with Crippen LogP contribution in [0.2, 0.25) is 0 Å². The van der Waals surface area contributed by atoms with Gasteiger partial charge in [-0.05, 0) is 19.4 Å². The molecule has 1 aromatic carbocycles. The summed E-state index contributed by atoms with van der Waals surface area (Å²) in [7, 11) is 0. The van der Waals surface area contributed by atoms with Crippen LogP contribution in [0.25, 0.3) is 0 Å². The maximum Gasteiger partial charge on any atom is 0.317 e. The second kappa shape index (κ2) is 6.91. The summed E-state index contributed by atoms with van der Waals surface area (Å²) in [5.41, 5.74) is 2.28. The molecule has 0 spiro atoms. The molecule has 4 nitrogen and oxygen atoms in total. The molecular weight excluding hydrogens is 216 g/mol. The number of carbonyl (C=O) groups excluding carboxylic acids is 1. The summed E-state index contributed by atoms with van der Waals surface area (Å²) in [5, 5.41) is 11.6. The molecule has 0 unspecified atom stereocenters. The van der Waals surface area contributed by atoms with E-state index in [9.17, 15) is 4.79 Å². The Kier molecular flexibility index (Phi) is 5.49. The van der Waals surface area contributed by atoms with Crippen molar-refractivity contribution < 1.29 is 9.90 Å². The van der Waals surface area contributed by atoms with Gasteiger partial charge in [0, 0.05) is 19.6 Å². The third kappa shape index (κ3) is 4.44. The number of carbonyl (C=O) groups is 1. The van der Waals surface area contributed by atoms with Crippen LogP contribution in [-0.4, -0.2) is 35.7 Å². The molecule has 0 fully saturated rings. The van der Waals surface area contributed by atoms with Gasteiger partial charge in [-0.3, -0.25) is 0 Å². The highest BCUT2D eigenvalue weighted by molar-refractivity contribution is 5.74. The molecule has 0 aliphatic heterocycles. The number of benzene rings is 1. The van der Waals surface area contributed by atoms with Gasteiger partial charge in [0.2, 0.25) is 0 Å². The average molecular weight is 236 g/mol. The Morgan fingerprint density at radius 1 is 1.35 bits per heavy atom. The number of aliphatic hydroxyl groups is 1. The van der Waals surface area contributed by atoms with E-state index in [-0.39, 0.29) is 12.6 Å². The van der Waals surface area contributed by atoms with Gasteiger partial charge in [0.25, 0.3) is 0 Å². The fourth-order valence-electron chi connectivity index (χ4n) is 1.52. The first kappa shape index (κ1) is 13.5. The number of nitrogens with zero attached hydrogens (tertiary/aromatic N) is 1. The van der Waals surface area contributed by atoms with Gasteiger partial charge in [0.1, 0.15) is 0 Å². The highest BCUT2D eigenvalue weighted by Crippen LogP contribution is 2.02. The molecule has 0 heterocycles. The minimum absolute atomic E-state index is 0.00814. The van der Waals surface area contributed by atoms with Crippen molar-refractivity contribution in [1.82, 2.24) is 10.2 Å².